The minimum absolute atomic E-state index is 0.530. The van der Waals surface area contributed by atoms with Crippen LogP contribution in [0.5, 0.6) is 0 Å². The molecule has 4 rings (SSSR count). The van der Waals surface area contributed by atoms with Crippen molar-refractivity contribution in [3.8, 4) is 0 Å². The van der Waals surface area contributed by atoms with Gasteiger partial charge in [-0.2, -0.15) is 0 Å². The smallest absolute Gasteiger partial charge is 0.0737 e. The summed E-state index contributed by atoms with van der Waals surface area (Å²) in [6, 6.07) is 9.25. The number of likely N-dealkylation sites (tertiary alicyclic amines) is 1. The fourth-order valence-corrected chi connectivity index (χ4v) is 4.09. The Morgan fingerprint density at radius 1 is 1.08 bits per heavy atom. The normalized spacial score (nSPS) is 21.2. The minimum atomic E-state index is 0.530. The molecular formula is C19H24ClN3O. The highest BCUT2D eigenvalue weighted by Gasteiger charge is 2.26. The molecule has 24 heavy (non-hydrogen) atoms. The lowest BCUT2D eigenvalue weighted by Crippen LogP contribution is -2.46. The summed E-state index contributed by atoms with van der Waals surface area (Å²) < 4.78 is 5.49. The second-order valence-electron chi connectivity index (χ2n) is 6.82. The van der Waals surface area contributed by atoms with E-state index in [1.54, 1.807) is 0 Å². The van der Waals surface area contributed by atoms with Crippen LogP contribution in [0.4, 0.5) is 5.69 Å². The van der Waals surface area contributed by atoms with Crippen LogP contribution in [-0.4, -0.2) is 48.3 Å². The van der Waals surface area contributed by atoms with E-state index in [1.165, 1.54) is 44.5 Å². The summed E-state index contributed by atoms with van der Waals surface area (Å²) in [7, 11) is 0. The molecule has 0 spiro atoms. The van der Waals surface area contributed by atoms with Crippen LogP contribution < -0.4 is 5.32 Å². The Balaban J connectivity index is 1.40. The van der Waals surface area contributed by atoms with Gasteiger partial charge < -0.3 is 15.0 Å². The number of rotatable bonds is 3. The predicted molar refractivity (Wildman–Crippen MR) is 98.8 cm³/mol. The Kier molecular flexibility index (Phi) is 4.88. The van der Waals surface area contributed by atoms with E-state index >= 15 is 0 Å². The number of nitrogens with zero attached hydrogens (tertiary/aromatic N) is 2. The Hall–Kier alpha value is -1.36. The van der Waals surface area contributed by atoms with Gasteiger partial charge in [0.05, 0.1) is 5.52 Å². The molecule has 0 bridgehead atoms. The second kappa shape index (κ2) is 7.26. The molecule has 2 fully saturated rings. The molecule has 1 aromatic heterocycles. The van der Waals surface area contributed by atoms with E-state index in [4.69, 9.17) is 16.3 Å². The van der Waals surface area contributed by atoms with Gasteiger partial charge in [0.1, 0.15) is 0 Å². The summed E-state index contributed by atoms with van der Waals surface area (Å²) in [4.78, 5) is 7.08. The van der Waals surface area contributed by atoms with E-state index in [-0.39, 0.29) is 0 Å². The minimum Gasteiger partial charge on any atom is -0.382 e. The fourth-order valence-electron chi connectivity index (χ4n) is 3.93. The van der Waals surface area contributed by atoms with Crippen LogP contribution in [0, 0.1) is 0 Å². The average Bonchev–Trinajstić information content (AvgIpc) is 2.63. The van der Waals surface area contributed by atoms with Gasteiger partial charge in [-0.25, -0.2) is 0 Å². The lowest BCUT2D eigenvalue weighted by molar-refractivity contribution is 0.0262. The molecule has 128 valence electrons. The maximum absolute atomic E-state index is 6.08. The number of benzene rings is 1. The van der Waals surface area contributed by atoms with E-state index < -0.39 is 0 Å². The lowest BCUT2D eigenvalue weighted by Gasteiger charge is -2.39. The van der Waals surface area contributed by atoms with Crippen LogP contribution in [0.3, 0.4) is 0 Å². The van der Waals surface area contributed by atoms with Crippen LogP contribution in [0.1, 0.15) is 25.7 Å². The molecule has 2 aliphatic rings. The van der Waals surface area contributed by atoms with Gasteiger partial charge in [-0.15, -0.1) is 0 Å². The maximum atomic E-state index is 6.08. The average molecular weight is 346 g/mol. The van der Waals surface area contributed by atoms with Crippen molar-refractivity contribution in [1.82, 2.24) is 9.88 Å². The molecule has 3 heterocycles. The number of anilines is 1. The molecule has 1 aromatic carbocycles. The number of hydrogen-bond donors (Lipinski definition) is 1. The van der Waals surface area contributed by atoms with Gasteiger partial charge in [-0.3, -0.25) is 4.98 Å². The van der Waals surface area contributed by atoms with Crippen molar-refractivity contribution in [3.63, 3.8) is 0 Å². The van der Waals surface area contributed by atoms with Gasteiger partial charge >= 0.3 is 0 Å². The summed E-state index contributed by atoms with van der Waals surface area (Å²) in [5, 5.41) is 5.61. The number of fused-ring (bicyclic) bond motifs is 1. The SMILES string of the molecule is Clc1ccc2c(NC3CCN(C4CCOCC4)CC3)ccnc2c1. The topological polar surface area (TPSA) is 37.4 Å². The highest BCUT2D eigenvalue weighted by Crippen LogP contribution is 2.27. The number of aromatic nitrogens is 1. The molecule has 0 aliphatic carbocycles. The highest BCUT2D eigenvalue weighted by atomic mass is 35.5. The van der Waals surface area contributed by atoms with E-state index in [0.717, 1.165) is 35.2 Å². The third kappa shape index (κ3) is 3.51. The van der Waals surface area contributed by atoms with Gasteiger partial charge in [0, 0.05) is 60.7 Å². The first-order valence-electron chi connectivity index (χ1n) is 8.92. The number of hydrogen-bond acceptors (Lipinski definition) is 4. The molecule has 0 unspecified atom stereocenters. The molecule has 2 saturated heterocycles. The third-order valence-corrected chi connectivity index (χ3v) is 5.54. The zero-order chi connectivity index (χ0) is 16.4. The Bertz CT molecular complexity index is 694. The number of nitrogens with one attached hydrogen (secondary N) is 1. The maximum Gasteiger partial charge on any atom is 0.0737 e. The third-order valence-electron chi connectivity index (χ3n) is 5.30. The van der Waals surface area contributed by atoms with Crippen LogP contribution in [0.15, 0.2) is 30.5 Å². The Labute approximate surface area is 148 Å². The van der Waals surface area contributed by atoms with E-state index in [9.17, 15) is 0 Å². The van der Waals surface area contributed by atoms with Gasteiger partial charge in [0.15, 0.2) is 0 Å². The first-order valence-corrected chi connectivity index (χ1v) is 9.30. The molecule has 2 aliphatic heterocycles. The standard InChI is InChI=1S/C19H24ClN3O/c20-14-1-2-17-18(3-8-21-19(17)13-14)22-15-4-9-23(10-5-15)16-6-11-24-12-7-16/h1-3,8,13,15-16H,4-7,9-12H2,(H,21,22). The molecule has 0 radical (unpaired) electrons. The summed E-state index contributed by atoms with van der Waals surface area (Å²) in [5.41, 5.74) is 2.12. The number of piperidine rings is 1. The van der Waals surface area contributed by atoms with E-state index in [2.05, 4.69) is 27.3 Å². The second-order valence-corrected chi connectivity index (χ2v) is 7.25. The fraction of sp³-hybridized carbons (Fsp3) is 0.526. The van der Waals surface area contributed by atoms with E-state index in [0.29, 0.717) is 6.04 Å². The Morgan fingerprint density at radius 3 is 2.67 bits per heavy atom. The van der Waals surface area contributed by atoms with Crippen molar-refractivity contribution < 1.29 is 4.74 Å². The number of pyridine rings is 1. The molecule has 0 atom stereocenters. The van der Waals surface area contributed by atoms with E-state index in [1.807, 2.05) is 18.3 Å². The van der Waals surface area contributed by atoms with Crippen molar-refractivity contribution in [3.05, 3.63) is 35.5 Å². The zero-order valence-corrected chi connectivity index (χ0v) is 14.6. The molecule has 2 aromatic rings. The van der Waals surface area contributed by atoms with Crippen molar-refractivity contribution in [1.29, 1.82) is 0 Å². The molecule has 0 saturated carbocycles. The van der Waals surface area contributed by atoms with Crippen molar-refractivity contribution in [2.45, 2.75) is 37.8 Å². The quantitative estimate of drug-likeness (QED) is 0.914. The van der Waals surface area contributed by atoms with Crippen molar-refractivity contribution >= 4 is 28.2 Å². The van der Waals surface area contributed by atoms with Gasteiger partial charge in [-0.1, -0.05) is 11.6 Å². The highest BCUT2D eigenvalue weighted by molar-refractivity contribution is 6.31. The van der Waals surface area contributed by atoms with Crippen LogP contribution in [-0.2, 0) is 4.74 Å². The van der Waals surface area contributed by atoms with Gasteiger partial charge in [0.25, 0.3) is 0 Å². The zero-order valence-electron chi connectivity index (χ0n) is 13.9. The monoisotopic (exact) mass is 345 g/mol. The first-order chi connectivity index (χ1) is 11.8. The van der Waals surface area contributed by atoms with Crippen molar-refractivity contribution in [2.75, 3.05) is 31.6 Å². The predicted octanol–water partition coefficient (Wildman–Crippen LogP) is 3.94. The van der Waals surface area contributed by atoms with Crippen LogP contribution in [0.25, 0.3) is 10.9 Å². The number of ether oxygens (including phenoxy) is 1. The molecular weight excluding hydrogens is 322 g/mol. The molecule has 0 amide bonds. The Morgan fingerprint density at radius 2 is 1.88 bits per heavy atom. The summed E-state index contributed by atoms with van der Waals surface area (Å²) >= 11 is 6.08. The van der Waals surface area contributed by atoms with Gasteiger partial charge in [0.2, 0.25) is 0 Å². The summed E-state index contributed by atoms with van der Waals surface area (Å²) in [6.45, 7) is 4.21. The first kappa shape index (κ1) is 16.1. The van der Waals surface area contributed by atoms with Gasteiger partial charge in [-0.05, 0) is 49.9 Å². The summed E-state index contributed by atoms with van der Waals surface area (Å²) in [5.74, 6) is 0. The van der Waals surface area contributed by atoms with Crippen molar-refractivity contribution in [2.24, 2.45) is 0 Å². The van der Waals surface area contributed by atoms with Crippen LogP contribution in [0.2, 0.25) is 5.02 Å². The molecule has 1 N–H and O–H groups in total. The summed E-state index contributed by atoms with van der Waals surface area (Å²) in [6.07, 6.45) is 6.61. The molecule has 4 nitrogen and oxygen atoms in total. The number of halogens is 1. The van der Waals surface area contributed by atoms with Crippen LogP contribution >= 0.6 is 11.6 Å². The molecule has 5 heteroatoms. The lowest BCUT2D eigenvalue weighted by atomic mass is 9.99. The largest absolute Gasteiger partial charge is 0.382 e.